The predicted molar refractivity (Wildman–Crippen MR) is 142 cm³/mol. The summed E-state index contributed by atoms with van der Waals surface area (Å²) in [5, 5.41) is 4.49. The zero-order chi connectivity index (χ0) is 25.7. The fourth-order valence-electron chi connectivity index (χ4n) is 2.81. The highest BCUT2D eigenvalue weighted by Gasteiger charge is 2.28. The maximum atomic E-state index is 12.8. The Bertz CT molecular complexity index is 1180. The van der Waals surface area contributed by atoms with Crippen LogP contribution in [0.5, 0.6) is 0 Å². The molecule has 0 aliphatic heterocycles. The van der Waals surface area contributed by atoms with Gasteiger partial charge in [0.05, 0.1) is 10.0 Å². The summed E-state index contributed by atoms with van der Waals surface area (Å²) in [4.78, 5) is 37.8. The number of carbonyl (C=O) groups is 3. The van der Waals surface area contributed by atoms with Gasteiger partial charge in [0.15, 0.2) is 0 Å². The Hall–Kier alpha value is -2.01. The minimum absolute atomic E-state index is 0.0605. The number of halogens is 4. The van der Waals surface area contributed by atoms with Crippen LogP contribution >= 0.6 is 70.8 Å². The van der Waals surface area contributed by atoms with Gasteiger partial charge in [0.2, 0.25) is 11.8 Å². The van der Waals surface area contributed by atoms with Crippen molar-refractivity contribution in [3.8, 4) is 0 Å². The third-order valence-electron chi connectivity index (χ3n) is 4.35. The Morgan fingerprint density at radius 1 is 0.853 bits per heavy atom. The first-order valence-electron chi connectivity index (χ1n) is 9.42. The van der Waals surface area contributed by atoms with Crippen molar-refractivity contribution in [3.63, 3.8) is 0 Å². The van der Waals surface area contributed by atoms with Gasteiger partial charge in [-0.05, 0) is 36.4 Å². The fourth-order valence-corrected chi connectivity index (χ4v) is 4.15. The summed E-state index contributed by atoms with van der Waals surface area (Å²) in [6.07, 6.45) is -0.675. The second kappa shape index (κ2) is 12.1. The summed E-state index contributed by atoms with van der Waals surface area (Å²) in [5.41, 5.74) is 3.24. The number of amides is 3. The maximum absolute atomic E-state index is 12.8. The number of nitrogens with one attached hydrogen (secondary N) is 1. The number of benzene rings is 2. The van der Waals surface area contributed by atoms with E-state index in [0.717, 1.165) is 16.9 Å². The molecule has 0 heterocycles. The van der Waals surface area contributed by atoms with Crippen molar-refractivity contribution in [1.29, 1.82) is 0 Å². The van der Waals surface area contributed by atoms with Gasteiger partial charge in [-0.3, -0.25) is 29.8 Å². The van der Waals surface area contributed by atoms with E-state index in [-0.39, 0.29) is 15.0 Å². The molecule has 2 rings (SSSR count). The highest BCUT2D eigenvalue weighted by atomic mass is 35.5. The third-order valence-corrected chi connectivity index (χ3v) is 6.46. The van der Waals surface area contributed by atoms with Crippen LogP contribution < -0.4 is 5.43 Å². The lowest BCUT2D eigenvalue weighted by atomic mass is 10.2. The van der Waals surface area contributed by atoms with Gasteiger partial charge in [-0.2, -0.15) is 5.01 Å². The van der Waals surface area contributed by atoms with E-state index in [1.165, 1.54) is 31.2 Å². The number of nitrogens with zero attached hydrogens (tertiary/aromatic N) is 3. The lowest BCUT2D eigenvalue weighted by Crippen LogP contribution is -2.51. The van der Waals surface area contributed by atoms with Crippen LogP contribution in [0.1, 0.15) is 24.5 Å². The average Bonchev–Trinajstić information content (AvgIpc) is 2.75. The van der Waals surface area contributed by atoms with Gasteiger partial charge in [0.25, 0.3) is 5.91 Å². The van der Waals surface area contributed by atoms with E-state index < -0.39 is 24.1 Å². The SMILES string of the molecule is CC(=O)N(C(=O)CC(=O)NN(C)C(=S)c1cc(Cl)ccc1Cl)N(C)C(=S)c1cc(Cl)ccc1Cl. The molecule has 0 saturated carbocycles. The Morgan fingerprint density at radius 2 is 1.32 bits per heavy atom. The first kappa shape index (κ1) is 28.2. The van der Waals surface area contributed by atoms with Gasteiger partial charge in [-0.15, -0.1) is 0 Å². The number of hydrogen-bond acceptors (Lipinski definition) is 5. The monoisotopic (exact) mass is 578 g/mol. The molecule has 7 nitrogen and oxygen atoms in total. The Morgan fingerprint density at radius 3 is 1.79 bits per heavy atom. The second-order valence-corrected chi connectivity index (χ2v) is 9.34. The molecule has 0 fully saturated rings. The van der Waals surface area contributed by atoms with E-state index >= 15 is 0 Å². The van der Waals surface area contributed by atoms with Crippen LogP contribution in [0, 0.1) is 0 Å². The van der Waals surface area contributed by atoms with Crippen molar-refractivity contribution in [2.24, 2.45) is 0 Å². The Kier molecular flexibility index (Phi) is 10.0. The standard InChI is InChI=1S/C21H18Cl4N4O3S2/c1-11(30)29(28(3)21(34)15-9-13(23)5-7-17(15)25)19(32)10-18(31)26-27(2)20(33)14-8-12(22)4-6-16(14)24/h4-9H,10H2,1-3H3,(H,26,31). The zero-order valence-corrected chi connectivity index (χ0v) is 22.7. The number of hydrogen-bond donors (Lipinski definition) is 1. The minimum Gasteiger partial charge on any atom is -0.277 e. The molecule has 2 aromatic rings. The molecule has 0 unspecified atom stereocenters. The first-order valence-corrected chi connectivity index (χ1v) is 11.8. The van der Waals surface area contributed by atoms with E-state index in [1.807, 2.05) is 0 Å². The first-order chi connectivity index (χ1) is 15.8. The molecule has 13 heteroatoms. The van der Waals surface area contributed by atoms with Crippen molar-refractivity contribution < 1.29 is 14.4 Å². The summed E-state index contributed by atoms with van der Waals surface area (Å²) in [5.74, 6) is -2.21. The Labute approximate surface area is 227 Å². The maximum Gasteiger partial charge on any atom is 0.257 e. The van der Waals surface area contributed by atoms with E-state index in [4.69, 9.17) is 70.8 Å². The molecule has 0 saturated heterocycles. The minimum atomic E-state index is -0.826. The highest BCUT2D eigenvalue weighted by Crippen LogP contribution is 2.24. The van der Waals surface area contributed by atoms with E-state index in [0.29, 0.717) is 26.2 Å². The quantitative estimate of drug-likeness (QED) is 0.313. The van der Waals surface area contributed by atoms with Gasteiger partial charge in [0.1, 0.15) is 16.4 Å². The van der Waals surface area contributed by atoms with Gasteiger partial charge < -0.3 is 0 Å². The van der Waals surface area contributed by atoms with E-state index in [2.05, 4.69) is 5.43 Å². The van der Waals surface area contributed by atoms with Crippen LogP contribution in [-0.4, -0.2) is 56.8 Å². The Balaban J connectivity index is 2.12. The normalized spacial score (nSPS) is 10.3. The average molecular weight is 580 g/mol. The molecule has 34 heavy (non-hydrogen) atoms. The van der Waals surface area contributed by atoms with Crippen LogP contribution in [0.4, 0.5) is 0 Å². The van der Waals surface area contributed by atoms with Crippen LogP contribution in [0.3, 0.4) is 0 Å². The van der Waals surface area contributed by atoms with Crippen molar-refractivity contribution in [2.75, 3.05) is 14.1 Å². The number of thiocarbonyl (C=S) groups is 2. The van der Waals surface area contributed by atoms with Gasteiger partial charge in [-0.1, -0.05) is 70.8 Å². The van der Waals surface area contributed by atoms with Crippen LogP contribution in [0.25, 0.3) is 0 Å². The van der Waals surface area contributed by atoms with Crippen molar-refractivity contribution >= 4 is 98.5 Å². The molecule has 0 aliphatic carbocycles. The topological polar surface area (TPSA) is 73.0 Å². The van der Waals surface area contributed by atoms with Gasteiger partial charge in [-0.25, -0.2) is 0 Å². The third kappa shape index (κ3) is 7.00. The lowest BCUT2D eigenvalue weighted by molar-refractivity contribution is -0.155. The summed E-state index contributed by atoms with van der Waals surface area (Å²) < 4.78 is 0. The second-order valence-electron chi connectivity index (χ2n) is 6.88. The molecule has 0 aliphatic rings. The van der Waals surface area contributed by atoms with Gasteiger partial charge in [0, 0.05) is 42.2 Å². The van der Waals surface area contributed by atoms with E-state index in [9.17, 15) is 14.4 Å². The van der Waals surface area contributed by atoms with Gasteiger partial charge >= 0.3 is 0 Å². The lowest BCUT2D eigenvalue weighted by Gasteiger charge is -2.31. The molecular formula is C21H18Cl4N4O3S2. The highest BCUT2D eigenvalue weighted by molar-refractivity contribution is 7.81. The molecule has 3 amide bonds. The molecule has 180 valence electrons. The van der Waals surface area contributed by atoms with Crippen LogP contribution in [0.15, 0.2) is 36.4 Å². The molecule has 0 radical (unpaired) electrons. The van der Waals surface area contributed by atoms with Crippen LogP contribution in [-0.2, 0) is 14.4 Å². The number of rotatable bonds is 4. The molecule has 0 spiro atoms. The molecular weight excluding hydrogens is 562 g/mol. The molecule has 0 atom stereocenters. The number of imide groups is 1. The van der Waals surface area contributed by atoms with E-state index in [1.54, 1.807) is 24.3 Å². The summed E-state index contributed by atoms with van der Waals surface area (Å²) in [6.45, 7) is 1.16. The molecule has 0 bridgehead atoms. The molecule has 2 aromatic carbocycles. The molecule has 0 aromatic heterocycles. The summed E-state index contributed by atoms with van der Waals surface area (Å²) in [6, 6.07) is 9.34. The summed E-state index contributed by atoms with van der Waals surface area (Å²) >= 11 is 35.0. The predicted octanol–water partition coefficient (Wildman–Crippen LogP) is 4.93. The molecule has 1 N–H and O–H groups in total. The van der Waals surface area contributed by atoms with Crippen molar-refractivity contribution in [1.82, 2.24) is 20.5 Å². The largest absolute Gasteiger partial charge is 0.277 e. The zero-order valence-electron chi connectivity index (χ0n) is 18.1. The summed E-state index contributed by atoms with van der Waals surface area (Å²) in [7, 11) is 2.88. The number of hydrazine groups is 2. The van der Waals surface area contributed by atoms with Crippen molar-refractivity contribution in [2.45, 2.75) is 13.3 Å². The smallest absolute Gasteiger partial charge is 0.257 e. The fraction of sp³-hybridized carbons (Fsp3) is 0.190. The van der Waals surface area contributed by atoms with Crippen molar-refractivity contribution in [3.05, 3.63) is 67.6 Å². The van der Waals surface area contributed by atoms with Crippen LogP contribution in [0.2, 0.25) is 20.1 Å². The number of carbonyl (C=O) groups excluding carboxylic acids is 3.